The molecule has 0 unspecified atom stereocenters. The number of hydrogen-bond donors (Lipinski definition) is 1. The molecule has 5 heteroatoms. The Morgan fingerprint density at radius 1 is 0.828 bits per heavy atom. The molecule has 2 heterocycles. The van der Waals surface area contributed by atoms with Gasteiger partial charge in [0.15, 0.2) is 0 Å². The van der Waals surface area contributed by atoms with Crippen molar-refractivity contribution in [2.75, 3.05) is 13.1 Å². The number of benzene rings is 3. The van der Waals surface area contributed by atoms with Crippen molar-refractivity contribution in [2.24, 2.45) is 0 Å². The zero-order valence-electron chi connectivity index (χ0n) is 16.1. The Morgan fingerprint density at radius 2 is 1.52 bits per heavy atom. The molecule has 0 radical (unpaired) electrons. The van der Waals surface area contributed by atoms with Gasteiger partial charge in [0.1, 0.15) is 17.3 Å². The highest BCUT2D eigenvalue weighted by atomic mass is 32.2. The van der Waals surface area contributed by atoms with E-state index in [-0.39, 0.29) is 0 Å². The molecular weight excluding hydrogens is 378 g/mol. The predicted octanol–water partition coefficient (Wildman–Crippen LogP) is 6.24. The number of ether oxygens (including phenoxy) is 1. The lowest BCUT2D eigenvalue weighted by atomic mass is 9.97. The quantitative estimate of drug-likeness (QED) is 0.402. The molecule has 1 fully saturated rings. The number of piperidine rings is 1. The molecule has 0 amide bonds. The molecule has 146 valence electrons. The lowest BCUT2D eigenvalue weighted by Crippen LogP contribution is -2.27. The molecule has 1 saturated heterocycles. The van der Waals surface area contributed by atoms with Crippen LogP contribution < -0.4 is 4.74 Å². The van der Waals surface area contributed by atoms with Gasteiger partial charge in [-0.1, -0.05) is 30.3 Å². The van der Waals surface area contributed by atoms with Crippen LogP contribution in [-0.4, -0.2) is 27.4 Å². The van der Waals surface area contributed by atoms with Crippen molar-refractivity contribution in [3.8, 4) is 11.5 Å². The van der Waals surface area contributed by atoms with E-state index >= 15 is 0 Å². The van der Waals surface area contributed by atoms with Gasteiger partial charge in [-0.3, -0.25) is 0 Å². The van der Waals surface area contributed by atoms with Gasteiger partial charge in [0, 0.05) is 23.9 Å². The third-order valence-corrected chi connectivity index (χ3v) is 6.39. The summed E-state index contributed by atoms with van der Waals surface area (Å²) in [5.41, 5.74) is 2.20. The summed E-state index contributed by atoms with van der Waals surface area (Å²) in [6.45, 7) is 2.13. The van der Waals surface area contributed by atoms with Gasteiger partial charge < -0.3 is 9.72 Å². The van der Waals surface area contributed by atoms with Crippen LogP contribution in [0.5, 0.6) is 11.5 Å². The van der Waals surface area contributed by atoms with Crippen molar-refractivity contribution < 1.29 is 4.74 Å². The summed E-state index contributed by atoms with van der Waals surface area (Å²) in [4.78, 5) is 9.54. The average Bonchev–Trinajstić information content (AvgIpc) is 3.21. The Morgan fingerprint density at radius 3 is 2.28 bits per heavy atom. The molecule has 5 rings (SSSR count). The fraction of sp³-hybridized carbons (Fsp3) is 0.208. The lowest BCUT2D eigenvalue weighted by Gasteiger charge is -2.30. The number of rotatable bonds is 5. The van der Waals surface area contributed by atoms with Crippen molar-refractivity contribution in [1.29, 1.82) is 0 Å². The number of nitrogens with one attached hydrogen (secondary N) is 1. The van der Waals surface area contributed by atoms with E-state index in [1.165, 1.54) is 4.90 Å². The van der Waals surface area contributed by atoms with Crippen LogP contribution in [0.4, 0.5) is 0 Å². The smallest absolute Gasteiger partial charge is 0.127 e. The van der Waals surface area contributed by atoms with Crippen LogP contribution >= 0.6 is 11.9 Å². The Labute approximate surface area is 175 Å². The van der Waals surface area contributed by atoms with Crippen molar-refractivity contribution >= 4 is 23.0 Å². The molecule has 1 aromatic heterocycles. The zero-order chi connectivity index (χ0) is 19.5. The number of fused-ring (bicyclic) bond motifs is 1. The Kier molecular flexibility index (Phi) is 5.24. The second-order valence-electron chi connectivity index (χ2n) is 7.32. The van der Waals surface area contributed by atoms with E-state index in [1.807, 2.05) is 60.5 Å². The highest BCUT2D eigenvalue weighted by Gasteiger charge is 2.23. The summed E-state index contributed by atoms with van der Waals surface area (Å²) in [5, 5.41) is 0. The maximum absolute atomic E-state index is 5.88. The fourth-order valence-corrected chi connectivity index (χ4v) is 4.68. The second kappa shape index (κ2) is 8.31. The zero-order valence-corrected chi connectivity index (χ0v) is 16.9. The van der Waals surface area contributed by atoms with Crippen molar-refractivity contribution in [1.82, 2.24) is 14.3 Å². The molecule has 3 aromatic carbocycles. The molecule has 1 aliphatic rings. The van der Waals surface area contributed by atoms with Crippen LogP contribution in [0.1, 0.15) is 24.6 Å². The number of imidazole rings is 1. The van der Waals surface area contributed by atoms with Crippen molar-refractivity contribution in [3.63, 3.8) is 0 Å². The molecule has 0 saturated carbocycles. The van der Waals surface area contributed by atoms with Crippen LogP contribution in [0, 0.1) is 0 Å². The van der Waals surface area contributed by atoms with Gasteiger partial charge >= 0.3 is 0 Å². The van der Waals surface area contributed by atoms with Gasteiger partial charge in [0.25, 0.3) is 0 Å². The highest BCUT2D eigenvalue weighted by Crippen LogP contribution is 2.33. The fourth-order valence-electron chi connectivity index (χ4n) is 3.73. The van der Waals surface area contributed by atoms with E-state index in [2.05, 4.69) is 39.6 Å². The average molecular weight is 402 g/mol. The summed E-state index contributed by atoms with van der Waals surface area (Å²) in [7, 11) is 0. The van der Waals surface area contributed by atoms with Crippen LogP contribution in [0.3, 0.4) is 0 Å². The molecule has 4 nitrogen and oxygen atoms in total. The van der Waals surface area contributed by atoms with Gasteiger partial charge in [-0.25, -0.2) is 9.29 Å². The van der Waals surface area contributed by atoms with Crippen molar-refractivity contribution in [2.45, 2.75) is 23.7 Å². The summed E-state index contributed by atoms with van der Waals surface area (Å²) >= 11 is 1.83. The number of aromatic amines is 1. The van der Waals surface area contributed by atoms with Gasteiger partial charge in [-0.15, -0.1) is 0 Å². The van der Waals surface area contributed by atoms with Gasteiger partial charge in [-0.05, 0) is 73.3 Å². The number of nitrogens with zero attached hydrogens (tertiary/aromatic N) is 2. The SMILES string of the molecule is c1ccc(Oc2ccc(SN3CCC(c4nc5ccccc5[nH]4)CC3)cc2)cc1. The van der Waals surface area contributed by atoms with E-state index in [0.29, 0.717) is 5.92 Å². The molecule has 29 heavy (non-hydrogen) atoms. The Balaban J connectivity index is 1.16. The van der Waals surface area contributed by atoms with Crippen LogP contribution in [0.25, 0.3) is 11.0 Å². The van der Waals surface area contributed by atoms with Crippen molar-refractivity contribution in [3.05, 3.63) is 84.7 Å². The molecule has 1 N–H and O–H groups in total. The first-order valence-corrected chi connectivity index (χ1v) is 10.8. The lowest BCUT2D eigenvalue weighted by molar-refractivity contribution is 0.339. The third-order valence-electron chi connectivity index (χ3n) is 5.29. The standard InChI is InChI=1S/C24H23N3OS/c1-2-6-19(7-3-1)28-20-10-12-21(13-11-20)29-27-16-14-18(15-17-27)24-25-22-8-4-5-9-23(22)26-24/h1-13,18H,14-17H2,(H,25,26). The summed E-state index contributed by atoms with van der Waals surface area (Å²) in [6.07, 6.45) is 2.25. The maximum Gasteiger partial charge on any atom is 0.127 e. The topological polar surface area (TPSA) is 41.1 Å². The van der Waals surface area contributed by atoms with Crippen LogP contribution in [0.2, 0.25) is 0 Å². The van der Waals surface area contributed by atoms with Gasteiger partial charge in [-0.2, -0.15) is 0 Å². The molecular formula is C24H23N3OS. The van der Waals surface area contributed by atoms with Crippen LogP contribution in [0.15, 0.2) is 83.8 Å². The number of hydrogen-bond acceptors (Lipinski definition) is 4. The monoisotopic (exact) mass is 401 g/mol. The molecule has 0 spiro atoms. The molecule has 0 bridgehead atoms. The maximum atomic E-state index is 5.88. The normalized spacial score (nSPS) is 15.6. The molecule has 1 aliphatic heterocycles. The first kappa shape index (κ1) is 18.3. The van der Waals surface area contributed by atoms with E-state index in [1.54, 1.807) is 0 Å². The molecule has 0 aliphatic carbocycles. The minimum Gasteiger partial charge on any atom is -0.457 e. The third kappa shape index (κ3) is 4.31. The van der Waals surface area contributed by atoms with E-state index < -0.39 is 0 Å². The van der Waals surface area contributed by atoms with E-state index in [4.69, 9.17) is 9.72 Å². The number of aromatic nitrogens is 2. The van der Waals surface area contributed by atoms with Gasteiger partial charge in [0.2, 0.25) is 0 Å². The summed E-state index contributed by atoms with van der Waals surface area (Å²) in [6, 6.07) is 26.5. The predicted molar refractivity (Wildman–Crippen MR) is 118 cm³/mol. The molecule has 4 aromatic rings. The van der Waals surface area contributed by atoms with Crippen LogP contribution in [-0.2, 0) is 0 Å². The minimum atomic E-state index is 0.515. The van der Waals surface area contributed by atoms with Gasteiger partial charge in [0.05, 0.1) is 11.0 Å². The highest BCUT2D eigenvalue weighted by molar-refractivity contribution is 7.97. The summed E-state index contributed by atoms with van der Waals surface area (Å²) < 4.78 is 8.33. The minimum absolute atomic E-state index is 0.515. The molecule has 0 atom stereocenters. The largest absolute Gasteiger partial charge is 0.457 e. The Bertz CT molecular complexity index is 1040. The second-order valence-corrected chi connectivity index (χ2v) is 8.49. The number of H-pyrrole nitrogens is 1. The first-order chi connectivity index (χ1) is 14.3. The van der Waals surface area contributed by atoms with E-state index in [0.717, 1.165) is 54.3 Å². The Hall–Kier alpha value is -2.76. The summed E-state index contributed by atoms with van der Waals surface area (Å²) in [5.74, 6) is 3.38. The number of para-hydroxylation sites is 3. The first-order valence-electron chi connectivity index (χ1n) is 10.0. The van der Waals surface area contributed by atoms with E-state index in [9.17, 15) is 0 Å².